The summed E-state index contributed by atoms with van der Waals surface area (Å²) in [6.45, 7) is 9.09. The smallest absolute Gasteiger partial charge is 0.320 e. The molecule has 1 rings (SSSR count). The summed E-state index contributed by atoms with van der Waals surface area (Å²) in [5.74, 6) is 0.203. The monoisotopic (exact) mass is 255 g/mol. The van der Waals surface area contributed by atoms with E-state index < -0.39 is 0 Å². The molecule has 0 aromatic carbocycles. The highest BCUT2D eigenvalue weighted by Gasteiger charge is 2.36. The van der Waals surface area contributed by atoms with Crippen molar-refractivity contribution in [2.45, 2.75) is 39.8 Å². The number of urea groups is 1. The minimum Gasteiger partial charge on any atom is -0.338 e. The van der Waals surface area contributed by atoms with Gasteiger partial charge in [-0.05, 0) is 13.8 Å². The van der Waals surface area contributed by atoms with E-state index >= 15 is 0 Å². The Labute approximate surface area is 110 Å². The first-order valence-electron chi connectivity index (χ1n) is 6.54. The van der Waals surface area contributed by atoms with E-state index in [2.05, 4.69) is 0 Å². The molecule has 1 saturated heterocycles. The zero-order valence-electron chi connectivity index (χ0n) is 12.3. The van der Waals surface area contributed by atoms with E-state index in [1.165, 1.54) is 0 Å². The summed E-state index contributed by atoms with van der Waals surface area (Å²) in [5.41, 5.74) is 0. The number of amides is 3. The molecule has 18 heavy (non-hydrogen) atoms. The van der Waals surface area contributed by atoms with Gasteiger partial charge in [0, 0.05) is 39.1 Å². The second-order valence-corrected chi connectivity index (χ2v) is 5.65. The summed E-state index contributed by atoms with van der Waals surface area (Å²) in [6.07, 6.45) is 0. The molecule has 0 aromatic heterocycles. The van der Waals surface area contributed by atoms with Crippen LogP contribution in [0.1, 0.15) is 27.7 Å². The van der Waals surface area contributed by atoms with Crippen LogP contribution in [0.25, 0.3) is 0 Å². The molecule has 1 fully saturated rings. The van der Waals surface area contributed by atoms with Gasteiger partial charge in [-0.3, -0.25) is 4.79 Å². The van der Waals surface area contributed by atoms with E-state index in [-0.39, 0.29) is 29.9 Å². The highest BCUT2D eigenvalue weighted by molar-refractivity contribution is 5.80. The summed E-state index contributed by atoms with van der Waals surface area (Å²) >= 11 is 0. The van der Waals surface area contributed by atoms with Crippen molar-refractivity contribution in [1.29, 1.82) is 0 Å². The number of rotatable bonds is 3. The third-order valence-corrected chi connectivity index (χ3v) is 3.59. The molecule has 1 heterocycles. The first-order chi connectivity index (χ1) is 8.25. The zero-order chi connectivity index (χ0) is 14.0. The summed E-state index contributed by atoms with van der Waals surface area (Å²) in [6, 6.07) is 0.362. The Morgan fingerprint density at radius 3 is 2.00 bits per heavy atom. The second kappa shape index (κ2) is 5.59. The van der Waals surface area contributed by atoms with Gasteiger partial charge in [0.05, 0.1) is 6.04 Å². The van der Waals surface area contributed by atoms with Crippen LogP contribution in [0.3, 0.4) is 0 Å². The Morgan fingerprint density at radius 2 is 1.61 bits per heavy atom. The van der Waals surface area contributed by atoms with Crippen LogP contribution >= 0.6 is 0 Å². The fraction of sp³-hybridized carbons (Fsp3) is 0.846. The number of likely N-dealkylation sites (N-methyl/N-ethyl adjacent to an activating group) is 1. The van der Waals surface area contributed by atoms with Gasteiger partial charge in [0.25, 0.3) is 0 Å². The van der Waals surface area contributed by atoms with Gasteiger partial charge < -0.3 is 14.7 Å². The van der Waals surface area contributed by atoms with Crippen molar-refractivity contribution >= 4 is 11.9 Å². The molecule has 104 valence electrons. The second-order valence-electron chi connectivity index (χ2n) is 5.65. The molecule has 0 aromatic rings. The van der Waals surface area contributed by atoms with Gasteiger partial charge in [-0.25, -0.2) is 4.79 Å². The average Bonchev–Trinajstić information content (AvgIpc) is 2.24. The lowest BCUT2D eigenvalue weighted by atomic mass is 10.0. The molecule has 5 nitrogen and oxygen atoms in total. The SMILES string of the molecule is CC(C)C(=O)N1CC(N(C)C(=O)N(C)C(C)C)C1. The van der Waals surface area contributed by atoms with Crippen molar-refractivity contribution in [3.05, 3.63) is 0 Å². The molecule has 5 heteroatoms. The molecule has 1 aliphatic heterocycles. The first kappa shape index (κ1) is 14.8. The van der Waals surface area contributed by atoms with E-state index in [0.29, 0.717) is 13.1 Å². The Kier molecular flexibility index (Phi) is 4.59. The fourth-order valence-electron chi connectivity index (χ4n) is 1.87. The van der Waals surface area contributed by atoms with Gasteiger partial charge in [0.2, 0.25) is 5.91 Å². The van der Waals surface area contributed by atoms with Crippen LogP contribution < -0.4 is 0 Å². The summed E-state index contributed by atoms with van der Waals surface area (Å²) in [7, 11) is 3.61. The van der Waals surface area contributed by atoms with Crippen LogP contribution in [-0.4, -0.2) is 65.9 Å². The predicted octanol–water partition coefficient (Wildman–Crippen LogP) is 1.25. The number of carbonyl (C=O) groups is 2. The van der Waals surface area contributed by atoms with E-state index in [4.69, 9.17) is 0 Å². The van der Waals surface area contributed by atoms with Gasteiger partial charge in [-0.2, -0.15) is 0 Å². The van der Waals surface area contributed by atoms with Crippen molar-refractivity contribution in [1.82, 2.24) is 14.7 Å². The Morgan fingerprint density at radius 1 is 1.11 bits per heavy atom. The number of carbonyl (C=O) groups excluding carboxylic acids is 2. The van der Waals surface area contributed by atoms with Gasteiger partial charge >= 0.3 is 6.03 Å². The van der Waals surface area contributed by atoms with E-state index in [9.17, 15) is 9.59 Å². The molecule has 0 N–H and O–H groups in total. The average molecular weight is 255 g/mol. The molecular weight excluding hydrogens is 230 g/mol. The van der Waals surface area contributed by atoms with Crippen molar-refractivity contribution in [3.8, 4) is 0 Å². The number of likely N-dealkylation sites (tertiary alicyclic amines) is 1. The zero-order valence-corrected chi connectivity index (χ0v) is 12.3. The van der Waals surface area contributed by atoms with E-state index in [1.807, 2.05) is 39.6 Å². The fourth-order valence-corrected chi connectivity index (χ4v) is 1.87. The van der Waals surface area contributed by atoms with Crippen molar-refractivity contribution in [2.24, 2.45) is 5.92 Å². The van der Waals surface area contributed by atoms with Crippen LogP contribution in [0.2, 0.25) is 0 Å². The molecule has 0 aliphatic carbocycles. The van der Waals surface area contributed by atoms with Gasteiger partial charge in [0.15, 0.2) is 0 Å². The summed E-state index contributed by atoms with van der Waals surface area (Å²) < 4.78 is 0. The molecule has 0 spiro atoms. The van der Waals surface area contributed by atoms with Crippen LogP contribution in [0.5, 0.6) is 0 Å². The normalized spacial score (nSPS) is 15.9. The highest BCUT2D eigenvalue weighted by atomic mass is 16.2. The largest absolute Gasteiger partial charge is 0.338 e. The predicted molar refractivity (Wildman–Crippen MR) is 71.3 cm³/mol. The Hall–Kier alpha value is -1.26. The van der Waals surface area contributed by atoms with Crippen LogP contribution in [0, 0.1) is 5.92 Å². The van der Waals surface area contributed by atoms with Crippen LogP contribution in [0.4, 0.5) is 4.79 Å². The molecule has 1 aliphatic rings. The quantitative estimate of drug-likeness (QED) is 0.761. The third kappa shape index (κ3) is 2.94. The lowest BCUT2D eigenvalue weighted by Gasteiger charge is -2.45. The minimum absolute atomic E-state index is 0.0200. The molecule has 0 atom stereocenters. The topological polar surface area (TPSA) is 43.9 Å². The Balaban J connectivity index is 2.46. The number of nitrogens with zero attached hydrogens (tertiary/aromatic N) is 3. The van der Waals surface area contributed by atoms with Gasteiger partial charge in [0.1, 0.15) is 0 Å². The molecule has 0 radical (unpaired) electrons. The van der Waals surface area contributed by atoms with Crippen molar-refractivity contribution in [2.75, 3.05) is 27.2 Å². The lowest BCUT2D eigenvalue weighted by Crippen LogP contribution is -2.63. The standard InChI is InChI=1S/C13H25N3O2/c1-9(2)12(17)16-7-11(8-16)15(6)13(18)14(5)10(3)4/h9-11H,7-8H2,1-6H3. The maximum atomic E-state index is 12.1. The maximum Gasteiger partial charge on any atom is 0.320 e. The molecule has 0 bridgehead atoms. The molecule has 0 unspecified atom stereocenters. The van der Waals surface area contributed by atoms with E-state index in [1.54, 1.807) is 16.8 Å². The summed E-state index contributed by atoms with van der Waals surface area (Å²) in [5, 5.41) is 0. The summed E-state index contributed by atoms with van der Waals surface area (Å²) in [4.78, 5) is 29.1. The minimum atomic E-state index is 0.0200. The van der Waals surface area contributed by atoms with Crippen molar-refractivity contribution in [3.63, 3.8) is 0 Å². The maximum absolute atomic E-state index is 12.1. The first-order valence-corrected chi connectivity index (χ1v) is 6.54. The number of hydrogen-bond donors (Lipinski definition) is 0. The van der Waals surface area contributed by atoms with E-state index in [0.717, 1.165) is 0 Å². The lowest BCUT2D eigenvalue weighted by molar-refractivity contribution is -0.141. The van der Waals surface area contributed by atoms with Crippen molar-refractivity contribution < 1.29 is 9.59 Å². The highest BCUT2D eigenvalue weighted by Crippen LogP contribution is 2.17. The Bertz CT molecular complexity index is 322. The van der Waals surface area contributed by atoms with Crippen LogP contribution in [0.15, 0.2) is 0 Å². The number of hydrogen-bond acceptors (Lipinski definition) is 2. The van der Waals surface area contributed by atoms with Gasteiger partial charge in [-0.1, -0.05) is 13.8 Å². The molecule has 3 amide bonds. The third-order valence-electron chi connectivity index (χ3n) is 3.59. The van der Waals surface area contributed by atoms with Gasteiger partial charge in [-0.15, -0.1) is 0 Å². The van der Waals surface area contributed by atoms with Crippen LogP contribution in [-0.2, 0) is 4.79 Å². The molecular formula is C13H25N3O2. The molecule has 0 saturated carbocycles.